The molecule has 0 saturated carbocycles. The highest BCUT2D eigenvalue weighted by Gasteiger charge is 2.16. The molecular formula is C10H17F2N3. The lowest BCUT2D eigenvalue weighted by molar-refractivity contribution is 0.0662. The van der Waals surface area contributed by atoms with E-state index < -0.39 is 6.55 Å². The predicted octanol–water partition coefficient (Wildman–Crippen LogP) is 2.56. The Bertz CT molecular complexity index is 307. The summed E-state index contributed by atoms with van der Waals surface area (Å²) in [6, 6.07) is 0. The van der Waals surface area contributed by atoms with Gasteiger partial charge in [-0.3, -0.25) is 4.57 Å². The smallest absolute Gasteiger partial charge is 0.305 e. The van der Waals surface area contributed by atoms with Crippen LogP contribution in [-0.4, -0.2) is 15.1 Å². The van der Waals surface area contributed by atoms with Gasteiger partial charge >= 0.3 is 6.55 Å². The van der Waals surface area contributed by atoms with Crippen LogP contribution in [0.1, 0.15) is 39.6 Å². The minimum absolute atomic E-state index is 0.0566. The molecule has 1 N–H and O–H groups in total. The van der Waals surface area contributed by atoms with Gasteiger partial charge in [0.05, 0.1) is 6.54 Å². The summed E-state index contributed by atoms with van der Waals surface area (Å²) in [4.78, 5) is 3.90. The Morgan fingerprint density at radius 2 is 2.20 bits per heavy atom. The van der Waals surface area contributed by atoms with E-state index in [1.807, 2.05) is 20.8 Å². The summed E-state index contributed by atoms with van der Waals surface area (Å²) in [6.45, 7) is 3.95. The van der Waals surface area contributed by atoms with E-state index in [1.54, 1.807) is 0 Å². The quantitative estimate of drug-likeness (QED) is 0.821. The maximum absolute atomic E-state index is 12.5. The zero-order valence-electron chi connectivity index (χ0n) is 9.30. The molecule has 0 atom stereocenters. The Labute approximate surface area is 88.5 Å². The second-order valence-electron chi connectivity index (χ2n) is 4.12. The van der Waals surface area contributed by atoms with Crippen molar-refractivity contribution < 1.29 is 8.78 Å². The van der Waals surface area contributed by atoms with E-state index in [1.165, 1.54) is 12.4 Å². The van der Waals surface area contributed by atoms with Gasteiger partial charge in [-0.1, -0.05) is 6.92 Å². The van der Waals surface area contributed by atoms with Gasteiger partial charge < -0.3 is 5.32 Å². The lowest BCUT2D eigenvalue weighted by Gasteiger charge is -2.24. The van der Waals surface area contributed by atoms with E-state index in [-0.39, 0.29) is 5.54 Å². The first-order valence-corrected chi connectivity index (χ1v) is 5.01. The van der Waals surface area contributed by atoms with Gasteiger partial charge in [0.2, 0.25) is 0 Å². The fourth-order valence-corrected chi connectivity index (χ4v) is 1.10. The van der Waals surface area contributed by atoms with E-state index >= 15 is 0 Å². The number of halogens is 2. The van der Waals surface area contributed by atoms with Gasteiger partial charge in [-0.15, -0.1) is 0 Å². The highest BCUT2D eigenvalue weighted by atomic mass is 19.3. The van der Waals surface area contributed by atoms with Crippen LogP contribution in [0.15, 0.2) is 12.4 Å². The molecule has 15 heavy (non-hydrogen) atoms. The Morgan fingerprint density at radius 3 is 2.73 bits per heavy atom. The van der Waals surface area contributed by atoms with Gasteiger partial charge in [-0.25, -0.2) is 4.98 Å². The zero-order valence-corrected chi connectivity index (χ0v) is 9.30. The van der Waals surface area contributed by atoms with Gasteiger partial charge in [0, 0.05) is 17.9 Å². The minimum atomic E-state index is -2.52. The number of nitrogens with zero attached hydrogens (tertiary/aromatic N) is 2. The molecule has 3 nitrogen and oxygen atoms in total. The lowest BCUT2D eigenvalue weighted by atomic mass is 10.0. The molecule has 0 bridgehead atoms. The Kier molecular flexibility index (Phi) is 3.79. The molecule has 1 rings (SSSR count). The highest BCUT2D eigenvalue weighted by molar-refractivity contribution is 4.93. The largest absolute Gasteiger partial charge is 0.319 e. The fourth-order valence-electron chi connectivity index (χ4n) is 1.10. The lowest BCUT2D eigenvalue weighted by Crippen LogP contribution is -2.38. The number of hydrogen-bond donors (Lipinski definition) is 1. The van der Waals surface area contributed by atoms with Crippen LogP contribution in [0, 0.1) is 0 Å². The van der Waals surface area contributed by atoms with Crippen LogP contribution >= 0.6 is 0 Å². The monoisotopic (exact) mass is 217 g/mol. The molecule has 0 unspecified atom stereocenters. The van der Waals surface area contributed by atoms with E-state index in [4.69, 9.17) is 0 Å². The normalized spacial score (nSPS) is 12.4. The molecule has 1 aromatic heterocycles. The van der Waals surface area contributed by atoms with Crippen molar-refractivity contribution in [1.82, 2.24) is 14.9 Å². The van der Waals surface area contributed by atoms with Crippen LogP contribution in [0.2, 0.25) is 0 Å². The summed E-state index contributed by atoms with van der Waals surface area (Å²) >= 11 is 0. The number of aromatic nitrogens is 2. The summed E-state index contributed by atoms with van der Waals surface area (Å²) in [5, 5.41) is 3.19. The molecule has 0 aliphatic carbocycles. The Balaban J connectivity index is 2.61. The van der Waals surface area contributed by atoms with Crippen molar-refractivity contribution in [2.24, 2.45) is 0 Å². The number of nitrogens with one attached hydrogen (secondary N) is 1. The molecule has 0 saturated heterocycles. The molecule has 0 radical (unpaired) electrons. The van der Waals surface area contributed by atoms with Crippen LogP contribution in [0.25, 0.3) is 0 Å². The molecule has 5 heteroatoms. The van der Waals surface area contributed by atoms with Crippen molar-refractivity contribution in [3.8, 4) is 0 Å². The number of rotatable bonds is 5. The third-order valence-electron chi connectivity index (χ3n) is 2.57. The summed E-state index contributed by atoms with van der Waals surface area (Å²) < 4.78 is 25.8. The summed E-state index contributed by atoms with van der Waals surface area (Å²) in [7, 11) is 0. The van der Waals surface area contributed by atoms with E-state index in [0.29, 0.717) is 12.4 Å². The predicted molar refractivity (Wildman–Crippen MR) is 54.7 cm³/mol. The maximum Gasteiger partial charge on any atom is 0.319 e. The molecule has 0 aliphatic heterocycles. The third-order valence-corrected chi connectivity index (χ3v) is 2.57. The minimum Gasteiger partial charge on any atom is -0.305 e. The van der Waals surface area contributed by atoms with Gasteiger partial charge in [0.25, 0.3) is 0 Å². The van der Waals surface area contributed by atoms with Crippen LogP contribution in [0.3, 0.4) is 0 Å². The van der Waals surface area contributed by atoms with Crippen molar-refractivity contribution in [3.05, 3.63) is 18.2 Å². The first-order valence-electron chi connectivity index (χ1n) is 5.01. The van der Waals surface area contributed by atoms with Crippen molar-refractivity contribution in [2.45, 2.75) is 45.8 Å². The second-order valence-corrected chi connectivity index (χ2v) is 4.12. The topological polar surface area (TPSA) is 29.9 Å². The summed E-state index contributed by atoms with van der Waals surface area (Å²) in [5.74, 6) is 0.367. The molecular weight excluding hydrogens is 200 g/mol. The SMILES string of the molecule is CCC(C)(C)NCc1nccn1C(F)F. The molecule has 0 amide bonds. The maximum atomic E-state index is 12.5. The molecule has 86 valence electrons. The Morgan fingerprint density at radius 1 is 1.53 bits per heavy atom. The first-order chi connectivity index (χ1) is 6.96. The fraction of sp³-hybridized carbons (Fsp3) is 0.700. The molecule has 1 aromatic rings. The third kappa shape index (κ3) is 3.27. The molecule has 0 aliphatic rings. The Hall–Kier alpha value is -0.970. The van der Waals surface area contributed by atoms with Crippen LogP contribution in [-0.2, 0) is 6.54 Å². The van der Waals surface area contributed by atoms with Crippen LogP contribution in [0.4, 0.5) is 8.78 Å². The van der Waals surface area contributed by atoms with E-state index in [0.717, 1.165) is 11.0 Å². The van der Waals surface area contributed by atoms with Gasteiger partial charge in [0.1, 0.15) is 5.82 Å². The highest BCUT2D eigenvalue weighted by Crippen LogP contribution is 2.14. The van der Waals surface area contributed by atoms with Crippen LogP contribution in [0.5, 0.6) is 0 Å². The van der Waals surface area contributed by atoms with Crippen molar-refractivity contribution in [2.75, 3.05) is 0 Å². The van der Waals surface area contributed by atoms with E-state index in [2.05, 4.69) is 10.3 Å². The number of hydrogen-bond acceptors (Lipinski definition) is 2. The zero-order chi connectivity index (χ0) is 11.5. The summed E-state index contributed by atoms with van der Waals surface area (Å²) in [6.07, 6.45) is 3.62. The van der Waals surface area contributed by atoms with Crippen LogP contribution < -0.4 is 5.32 Å². The standard InChI is InChI=1S/C10H17F2N3/c1-4-10(2,3)14-7-8-13-5-6-15(8)9(11)12/h5-6,9,14H,4,7H2,1-3H3. The average Bonchev–Trinajstić information content (AvgIpc) is 2.63. The van der Waals surface area contributed by atoms with Gasteiger partial charge in [0.15, 0.2) is 0 Å². The first kappa shape index (κ1) is 12.1. The second kappa shape index (κ2) is 4.70. The summed E-state index contributed by atoms with van der Waals surface area (Å²) in [5.41, 5.74) is -0.0566. The number of alkyl halides is 2. The molecule has 0 fully saturated rings. The molecule has 0 spiro atoms. The van der Waals surface area contributed by atoms with Crippen molar-refractivity contribution in [1.29, 1.82) is 0 Å². The van der Waals surface area contributed by atoms with Gasteiger partial charge in [-0.05, 0) is 20.3 Å². The average molecular weight is 217 g/mol. The van der Waals surface area contributed by atoms with Crippen molar-refractivity contribution >= 4 is 0 Å². The van der Waals surface area contributed by atoms with Crippen molar-refractivity contribution in [3.63, 3.8) is 0 Å². The van der Waals surface area contributed by atoms with E-state index in [9.17, 15) is 8.78 Å². The molecule has 1 heterocycles. The number of imidazole rings is 1. The molecule has 0 aromatic carbocycles. The van der Waals surface area contributed by atoms with Gasteiger partial charge in [-0.2, -0.15) is 8.78 Å².